The third kappa shape index (κ3) is 1.44. The van der Waals surface area contributed by atoms with Gasteiger partial charge in [-0.2, -0.15) is 0 Å². The van der Waals surface area contributed by atoms with Crippen LogP contribution < -0.4 is 0 Å². The fraction of sp³-hybridized carbons (Fsp3) is 0.500. The zero-order valence-corrected chi connectivity index (χ0v) is 8.55. The number of aliphatic hydroxyl groups is 1. The molecule has 0 bridgehead atoms. The van der Waals surface area contributed by atoms with Crippen LogP contribution in [0.3, 0.4) is 0 Å². The van der Waals surface area contributed by atoms with Gasteiger partial charge in [0.05, 0.1) is 5.60 Å². The first-order chi connectivity index (χ1) is 6.51. The highest BCUT2D eigenvalue weighted by Gasteiger charge is 2.41. The zero-order chi connectivity index (χ0) is 10.3. The molecule has 1 saturated carbocycles. The van der Waals surface area contributed by atoms with Gasteiger partial charge in [0.1, 0.15) is 5.82 Å². The molecule has 1 aromatic carbocycles. The topological polar surface area (TPSA) is 20.2 Å². The lowest BCUT2D eigenvalue weighted by atomic mass is 9.68. The van der Waals surface area contributed by atoms with Crippen molar-refractivity contribution >= 4 is 0 Å². The molecule has 0 amide bonds. The summed E-state index contributed by atoms with van der Waals surface area (Å²) in [6, 6.07) is 5.01. The molecule has 0 heterocycles. The Hall–Kier alpha value is -0.890. The van der Waals surface area contributed by atoms with E-state index in [1.807, 2.05) is 6.07 Å². The Balaban J connectivity index is 2.29. The van der Waals surface area contributed by atoms with Gasteiger partial charge in [-0.05, 0) is 42.9 Å². The molecule has 0 atom stereocenters. The van der Waals surface area contributed by atoms with Crippen molar-refractivity contribution in [2.45, 2.75) is 32.3 Å². The van der Waals surface area contributed by atoms with Gasteiger partial charge in [0.2, 0.25) is 0 Å². The van der Waals surface area contributed by atoms with Crippen molar-refractivity contribution in [2.75, 3.05) is 0 Å². The van der Waals surface area contributed by atoms with Crippen LogP contribution in [0.15, 0.2) is 18.2 Å². The van der Waals surface area contributed by atoms with E-state index in [0.717, 1.165) is 18.4 Å². The number of rotatable bonds is 1. The molecule has 14 heavy (non-hydrogen) atoms. The van der Waals surface area contributed by atoms with Gasteiger partial charge in [0, 0.05) is 0 Å². The Morgan fingerprint density at radius 3 is 2.57 bits per heavy atom. The first kappa shape index (κ1) is 9.66. The highest BCUT2D eigenvalue weighted by atomic mass is 19.1. The Kier molecular flexibility index (Phi) is 2.11. The normalized spacial score (nSPS) is 31.3. The standard InChI is InChI=1S/C12H15FO/c1-8-6-12(14,7-8)10-4-3-9(2)11(13)5-10/h3-5,8,14H,6-7H2,1-2H3. The summed E-state index contributed by atoms with van der Waals surface area (Å²) in [7, 11) is 0. The number of hydrogen-bond acceptors (Lipinski definition) is 1. The lowest BCUT2D eigenvalue weighted by molar-refractivity contribution is -0.0740. The molecule has 2 heteroatoms. The molecular weight excluding hydrogens is 179 g/mol. The monoisotopic (exact) mass is 194 g/mol. The van der Waals surface area contributed by atoms with Crippen molar-refractivity contribution in [1.29, 1.82) is 0 Å². The molecule has 0 radical (unpaired) electrons. The lowest BCUT2D eigenvalue weighted by Gasteiger charge is -2.42. The minimum Gasteiger partial charge on any atom is -0.385 e. The van der Waals surface area contributed by atoms with E-state index in [1.165, 1.54) is 6.07 Å². The van der Waals surface area contributed by atoms with Crippen LogP contribution in [0, 0.1) is 18.7 Å². The predicted octanol–water partition coefficient (Wildman–Crippen LogP) is 2.75. The van der Waals surface area contributed by atoms with Gasteiger partial charge in [-0.3, -0.25) is 0 Å². The van der Waals surface area contributed by atoms with Crippen molar-refractivity contribution in [3.05, 3.63) is 35.1 Å². The Morgan fingerprint density at radius 1 is 1.43 bits per heavy atom. The zero-order valence-electron chi connectivity index (χ0n) is 8.55. The molecule has 1 aromatic rings. The molecule has 0 aromatic heterocycles. The maximum atomic E-state index is 13.3. The second kappa shape index (κ2) is 3.06. The SMILES string of the molecule is Cc1ccc(C2(O)CC(C)C2)cc1F. The van der Waals surface area contributed by atoms with E-state index in [1.54, 1.807) is 13.0 Å². The molecule has 1 aliphatic carbocycles. The second-order valence-electron chi connectivity index (χ2n) is 4.51. The minimum absolute atomic E-state index is 0.226. The first-order valence-corrected chi connectivity index (χ1v) is 5.00. The molecule has 0 unspecified atom stereocenters. The highest BCUT2D eigenvalue weighted by molar-refractivity contribution is 5.29. The van der Waals surface area contributed by atoms with Gasteiger partial charge in [-0.25, -0.2) is 4.39 Å². The molecular formula is C12H15FO. The van der Waals surface area contributed by atoms with Gasteiger partial charge in [-0.1, -0.05) is 19.1 Å². The lowest BCUT2D eigenvalue weighted by Crippen LogP contribution is -2.39. The number of benzene rings is 1. The molecule has 1 N–H and O–H groups in total. The predicted molar refractivity (Wildman–Crippen MR) is 53.4 cm³/mol. The maximum Gasteiger partial charge on any atom is 0.126 e. The quantitative estimate of drug-likeness (QED) is 0.728. The summed E-state index contributed by atoms with van der Waals surface area (Å²) in [5.74, 6) is 0.319. The summed E-state index contributed by atoms with van der Waals surface area (Å²) in [5, 5.41) is 10.1. The van der Waals surface area contributed by atoms with Gasteiger partial charge < -0.3 is 5.11 Å². The molecule has 0 saturated heterocycles. The fourth-order valence-electron chi connectivity index (χ4n) is 2.21. The van der Waals surface area contributed by atoms with Crippen LogP contribution in [0.5, 0.6) is 0 Å². The second-order valence-corrected chi connectivity index (χ2v) is 4.51. The maximum absolute atomic E-state index is 13.3. The molecule has 76 valence electrons. The Morgan fingerprint density at radius 2 is 2.07 bits per heavy atom. The van der Waals surface area contributed by atoms with Crippen molar-refractivity contribution in [2.24, 2.45) is 5.92 Å². The summed E-state index contributed by atoms with van der Waals surface area (Å²) in [6.07, 6.45) is 1.49. The summed E-state index contributed by atoms with van der Waals surface area (Å²) < 4.78 is 13.3. The van der Waals surface area contributed by atoms with Crippen LogP contribution >= 0.6 is 0 Å². The molecule has 0 aliphatic heterocycles. The molecule has 1 aliphatic rings. The van der Waals surface area contributed by atoms with Gasteiger partial charge in [-0.15, -0.1) is 0 Å². The van der Waals surface area contributed by atoms with E-state index in [0.29, 0.717) is 11.5 Å². The van der Waals surface area contributed by atoms with Crippen molar-refractivity contribution in [1.82, 2.24) is 0 Å². The first-order valence-electron chi connectivity index (χ1n) is 5.00. The summed E-state index contributed by atoms with van der Waals surface area (Å²) in [5.41, 5.74) is 0.581. The van der Waals surface area contributed by atoms with Gasteiger partial charge in [0.15, 0.2) is 0 Å². The van der Waals surface area contributed by atoms with Crippen LogP contribution in [-0.2, 0) is 5.60 Å². The van der Waals surface area contributed by atoms with Gasteiger partial charge >= 0.3 is 0 Å². The molecule has 1 fully saturated rings. The summed E-state index contributed by atoms with van der Waals surface area (Å²) in [6.45, 7) is 3.82. The average Bonchev–Trinajstić information content (AvgIpc) is 2.07. The van der Waals surface area contributed by atoms with E-state index in [2.05, 4.69) is 6.92 Å². The average molecular weight is 194 g/mol. The number of halogens is 1. The van der Waals surface area contributed by atoms with E-state index in [9.17, 15) is 9.50 Å². The van der Waals surface area contributed by atoms with Crippen LogP contribution in [0.2, 0.25) is 0 Å². The van der Waals surface area contributed by atoms with Crippen LogP contribution in [0.4, 0.5) is 4.39 Å². The van der Waals surface area contributed by atoms with Crippen molar-refractivity contribution in [3.63, 3.8) is 0 Å². The number of hydrogen-bond donors (Lipinski definition) is 1. The van der Waals surface area contributed by atoms with Crippen LogP contribution in [0.25, 0.3) is 0 Å². The number of aryl methyl sites for hydroxylation is 1. The Bertz CT molecular complexity index is 353. The van der Waals surface area contributed by atoms with Crippen LogP contribution in [-0.4, -0.2) is 5.11 Å². The Labute approximate surface area is 83.6 Å². The van der Waals surface area contributed by atoms with Crippen molar-refractivity contribution in [3.8, 4) is 0 Å². The fourth-order valence-corrected chi connectivity index (χ4v) is 2.21. The summed E-state index contributed by atoms with van der Waals surface area (Å²) in [4.78, 5) is 0. The van der Waals surface area contributed by atoms with Crippen molar-refractivity contribution < 1.29 is 9.50 Å². The van der Waals surface area contributed by atoms with E-state index in [-0.39, 0.29) is 5.82 Å². The van der Waals surface area contributed by atoms with E-state index < -0.39 is 5.60 Å². The minimum atomic E-state index is -0.770. The molecule has 2 rings (SSSR count). The van der Waals surface area contributed by atoms with E-state index in [4.69, 9.17) is 0 Å². The third-order valence-corrected chi connectivity index (χ3v) is 3.08. The van der Waals surface area contributed by atoms with Crippen LogP contribution in [0.1, 0.15) is 30.9 Å². The third-order valence-electron chi connectivity index (χ3n) is 3.08. The smallest absolute Gasteiger partial charge is 0.126 e. The van der Waals surface area contributed by atoms with E-state index >= 15 is 0 Å². The molecule has 0 spiro atoms. The molecule has 1 nitrogen and oxygen atoms in total. The van der Waals surface area contributed by atoms with Gasteiger partial charge in [0.25, 0.3) is 0 Å². The largest absolute Gasteiger partial charge is 0.385 e. The highest BCUT2D eigenvalue weighted by Crippen LogP contribution is 2.45. The summed E-state index contributed by atoms with van der Waals surface area (Å²) >= 11 is 0.